The number of ether oxygens (including phenoxy) is 3. The van der Waals surface area contributed by atoms with Crippen LogP contribution in [0.15, 0.2) is 60.9 Å². The molecule has 0 spiro atoms. The Bertz CT molecular complexity index is 965. The van der Waals surface area contributed by atoms with Crippen molar-refractivity contribution in [3.8, 4) is 23.3 Å². The fourth-order valence-corrected chi connectivity index (χ4v) is 2.43. The van der Waals surface area contributed by atoms with E-state index in [1.807, 2.05) is 6.07 Å². The van der Waals surface area contributed by atoms with Gasteiger partial charge in [0.2, 0.25) is 6.10 Å². The van der Waals surface area contributed by atoms with E-state index in [0.717, 1.165) is 0 Å². The van der Waals surface area contributed by atoms with Crippen LogP contribution >= 0.6 is 0 Å². The number of rotatable bonds is 4. The van der Waals surface area contributed by atoms with Gasteiger partial charge in [0, 0.05) is 0 Å². The number of anilines is 1. The lowest BCUT2D eigenvalue weighted by atomic mass is 10.2. The molecule has 1 amide bonds. The Morgan fingerprint density at radius 2 is 1.78 bits per heavy atom. The average molecular weight is 367 g/mol. The van der Waals surface area contributed by atoms with Crippen molar-refractivity contribution in [1.82, 2.24) is 9.97 Å². The van der Waals surface area contributed by atoms with Crippen molar-refractivity contribution in [3.05, 3.63) is 66.7 Å². The molecule has 2 aromatic carbocycles. The van der Waals surface area contributed by atoms with Crippen molar-refractivity contribution in [1.29, 1.82) is 0 Å². The molecule has 0 saturated carbocycles. The predicted octanol–water partition coefficient (Wildman–Crippen LogP) is 3.19. The van der Waals surface area contributed by atoms with Crippen LogP contribution in [0.5, 0.6) is 23.3 Å². The van der Waals surface area contributed by atoms with Crippen molar-refractivity contribution in [2.75, 3.05) is 11.9 Å². The molecule has 1 aliphatic rings. The Hall–Kier alpha value is -3.68. The largest absolute Gasteiger partial charge is 0.485 e. The van der Waals surface area contributed by atoms with E-state index in [0.29, 0.717) is 17.2 Å². The molecule has 1 atom stereocenters. The summed E-state index contributed by atoms with van der Waals surface area (Å²) in [5.74, 6) is 0.207. The van der Waals surface area contributed by atoms with E-state index in [-0.39, 0.29) is 18.4 Å². The first kappa shape index (κ1) is 16.8. The first-order valence-electron chi connectivity index (χ1n) is 8.13. The van der Waals surface area contributed by atoms with Crippen LogP contribution in [0.25, 0.3) is 0 Å². The average Bonchev–Trinajstić information content (AvgIpc) is 2.71. The number of benzene rings is 2. The summed E-state index contributed by atoms with van der Waals surface area (Å²) < 4.78 is 30.0. The third-order valence-corrected chi connectivity index (χ3v) is 3.73. The molecule has 0 aliphatic carbocycles. The Balaban J connectivity index is 1.39. The fraction of sp³-hybridized carbons (Fsp3) is 0.105. The van der Waals surface area contributed by atoms with E-state index in [1.54, 1.807) is 30.3 Å². The zero-order valence-electron chi connectivity index (χ0n) is 14.0. The van der Waals surface area contributed by atoms with Gasteiger partial charge in [-0.1, -0.05) is 24.3 Å². The first-order chi connectivity index (χ1) is 13.2. The van der Waals surface area contributed by atoms with Crippen LogP contribution < -0.4 is 19.5 Å². The molecule has 2 heterocycles. The quantitative estimate of drug-likeness (QED) is 0.763. The van der Waals surface area contributed by atoms with Crippen LogP contribution in [0, 0.1) is 5.82 Å². The molecule has 4 rings (SSSR count). The number of carbonyl (C=O) groups excluding carboxylic acids is 1. The molecule has 7 nitrogen and oxygen atoms in total. The summed E-state index contributed by atoms with van der Waals surface area (Å²) in [6.07, 6.45) is 1.92. The SMILES string of the molecule is O=C(Nc1cnc(Oc2ccccc2F)nc1)C1COc2ccccc2O1. The number of hydrogen-bond donors (Lipinski definition) is 1. The maximum absolute atomic E-state index is 13.6. The summed E-state index contributed by atoms with van der Waals surface area (Å²) in [5, 5.41) is 2.65. The Morgan fingerprint density at radius 3 is 2.56 bits per heavy atom. The van der Waals surface area contributed by atoms with Crippen LogP contribution in [0.3, 0.4) is 0 Å². The van der Waals surface area contributed by atoms with Gasteiger partial charge in [-0.15, -0.1) is 0 Å². The van der Waals surface area contributed by atoms with Gasteiger partial charge < -0.3 is 19.5 Å². The molecule has 27 heavy (non-hydrogen) atoms. The van der Waals surface area contributed by atoms with Crippen LogP contribution in [0.4, 0.5) is 10.1 Å². The van der Waals surface area contributed by atoms with Crippen LogP contribution in [0.2, 0.25) is 0 Å². The van der Waals surface area contributed by atoms with Gasteiger partial charge in [0.25, 0.3) is 5.91 Å². The van der Waals surface area contributed by atoms with Gasteiger partial charge in [0.05, 0.1) is 18.1 Å². The van der Waals surface area contributed by atoms with Crippen LogP contribution in [-0.4, -0.2) is 28.6 Å². The molecule has 1 N–H and O–H groups in total. The molecular formula is C19H14FN3O4. The molecule has 0 saturated heterocycles. The number of aromatic nitrogens is 2. The standard InChI is InChI=1S/C19H14FN3O4/c20-13-5-1-2-6-14(13)27-19-21-9-12(10-22-19)23-18(24)17-11-25-15-7-3-4-8-16(15)26-17/h1-10,17H,11H2,(H,23,24). The summed E-state index contributed by atoms with van der Waals surface area (Å²) in [6, 6.07) is 13.0. The number of nitrogens with zero attached hydrogens (tertiary/aromatic N) is 2. The van der Waals surface area contributed by atoms with Gasteiger partial charge in [-0.05, 0) is 24.3 Å². The van der Waals surface area contributed by atoms with Gasteiger partial charge in [0.15, 0.2) is 23.1 Å². The second-order valence-electron chi connectivity index (χ2n) is 5.64. The van der Waals surface area contributed by atoms with E-state index in [9.17, 15) is 9.18 Å². The van der Waals surface area contributed by atoms with Gasteiger partial charge in [-0.3, -0.25) is 4.79 Å². The Kier molecular flexibility index (Phi) is 4.52. The smallest absolute Gasteiger partial charge is 0.322 e. The third-order valence-electron chi connectivity index (χ3n) is 3.73. The van der Waals surface area contributed by atoms with E-state index >= 15 is 0 Å². The first-order valence-corrected chi connectivity index (χ1v) is 8.13. The lowest BCUT2D eigenvalue weighted by molar-refractivity contribution is -0.125. The van der Waals surface area contributed by atoms with E-state index < -0.39 is 17.8 Å². The summed E-state index contributed by atoms with van der Waals surface area (Å²) in [6.45, 7) is 0.0954. The molecule has 0 bridgehead atoms. The lowest BCUT2D eigenvalue weighted by Crippen LogP contribution is -2.40. The minimum absolute atomic E-state index is 0.0145. The molecule has 1 unspecified atom stereocenters. The van der Waals surface area contributed by atoms with E-state index in [1.165, 1.54) is 24.5 Å². The normalized spacial score (nSPS) is 15.1. The van der Waals surface area contributed by atoms with Crippen molar-refractivity contribution in [2.24, 2.45) is 0 Å². The van der Waals surface area contributed by atoms with Crippen LogP contribution in [0.1, 0.15) is 0 Å². The van der Waals surface area contributed by atoms with Crippen molar-refractivity contribution in [3.63, 3.8) is 0 Å². The summed E-state index contributed by atoms with van der Waals surface area (Å²) in [5.41, 5.74) is 0.350. The van der Waals surface area contributed by atoms with Gasteiger partial charge in [0.1, 0.15) is 6.61 Å². The fourth-order valence-electron chi connectivity index (χ4n) is 2.43. The van der Waals surface area contributed by atoms with E-state index in [2.05, 4.69) is 15.3 Å². The summed E-state index contributed by atoms with van der Waals surface area (Å²) >= 11 is 0. The highest BCUT2D eigenvalue weighted by Crippen LogP contribution is 2.31. The zero-order valence-corrected chi connectivity index (χ0v) is 14.0. The van der Waals surface area contributed by atoms with Gasteiger partial charge in [-0.2, -0.15) is 0 Å². The topological polar surface area (TPSA) is 82.6 Å². The number of nitrogens with one attached hydrogen (secondary N) is 1. The molecule has 3 aromatic rings. The molecule has 136 valence electrons. The number of hydrogen-bond acceptors (Lipinski definition) is 6. The molecule has 1 aliphatic heterocycles. The number of amides is 1. The highest BCUT2D eigenvalue weighted by molar-refractivity contribution is 5.94. The minimum atomic E-state index is -0.797. The maximum atomic E-state index is 13.6. The predicted molar refractivity (Wildman–Crippen MR) is 93.5 cm³/mol. The second kappa shape index (κ2) is 7.28. The highest BCUT2D eigenvalue weighted by atomic mass is 19.1. The molecule has 0 radical (unpaired) electrons. The number of para-hydroxylation sites is 3. The van der Waals surface area contributed by atoms with Gasteiger partial charge >= 0.3 is 6.01 Å². The Morgan fingerprint density at radius 1 is 1.07 bits per heavy atom. The van der Waals surface area contributed by atoms with Gasteiger partial charge in [-0.25, -0.2) is 14.4 Å². The monoisotopic (exact) mass is 367 g/mol. The molecule has 0 fully saturated rings. The van der Waals surface area contributed by atoms with Crippen molar-refractivity contribution in [2.45, 2.75) is 6.10 Å². The summed E-state index contributed by atoms with van der Waals surface area (Å²) in [4.78, 5) is 20.3. The number of fused-ring (bicyclic) bond motifs is 1. The highest BCUT2D eigenvalue weighted by Gasteiger charge is 2.27. The number of carbonyl (C=O) groups is 1. The zero-order chi connectivity index (χ0) is 18.6. The second-order valence-corrected chi connectivity index (χ2v) is 5.64. The number of halogens is 1. The van der Waals surface area contributed by atoms with Crippen molar-refractivity contribution < 1.29 is 23.4 Å². The molecule has 1 aromatic heterocycles. The van der Waals surface area contributed by atoms with Crippen molar-refractivity contribution >= 4 is 11.6 Å². The van der Waals surface area contributed by atoms with E-state index in [4.69, 9.17) is 14.2 Å². The minimum Gasteiger partial charge on any atom is -0.485 e. The maximum Gasteiger partial charge on any atom is 0.322 e. The van der Waals surface area contributed by atoms with Crippen LogP contribution in [-0.2, 0) is 4.79 Å². The Labute approximate surface area is 153 Å². The molecule has 8 heteroatoms. The lowest BCUT2D eigenvalue weighted by Gasteiger charge is -2.25. The summed E-state index contributed by atoms with van der Waals surface area (Å²) in [7, 11) is 0. The third kappa shape index (κ3) is 3.79. The molecular weight excluding hydrogens is 353 g/mol.